The van der Waals surface area contributed by atoms with Gasteiger partial charge in [0.25, 0.3) is 60.7 Å². The van der Waals surface area contributed by atoms with Crippen molar-refractivity contribution in [2.24, 2.45) is 0 Å². The van der Waals surface area contributed by atoms with Crippen LogP contribution in [0.25, 0.3) is 21.5 Å². The van der Waals surface area contributed by atoms with Crippen LogP contribution in [-0.4, -0.2) is 151 Å². The number of hydrogen-bond acceptors (Lipinski definition) is 16. The van der Waals surface area contributed by atoms with Crippen LogP contribution in [0.4, 0.5) is 11.4 Å². The Kier molecular flexibility index (Phi) is 18.8. The quantitative estimate of drug-likeness (QED) is 0.0162. The summed E-state index contributed by atoms with van der Waals surface area (Å²) in [4.78, 5) is 9.80. The molecule has 428 valence electrons. The average Bonchev–Trinajstić information content (AvgIpc) is 3.68. The third kappa shape index (κ3) is 14.3. The highest BCUT2D eigenvalue weighted by Crippen LogP contribution is 2.54. The third-order valence-corrected chi connectivity index (χ3v) is 18.7. The number of methoxy groups -OCH3 is 1. The number of carboxylic acids is 1. The van der Waals surface area contributed by atoms with Crippen LogP contribution in [0.5, 0.6) is 0 Å². The van der Waals surface area contributed by atoms with E-state index >= 15 is 0 Å². The van der Waals surface area contributed by atoms with Gasteiger partial charge in [-0.1, -0.05) is 30.7 Å². The van der Waals surface area contributed by atoms with Gasteiger partial charge in [0.2, 0.25) is 5.69 Å². The van der Waals surface area contributed by atoms with Crippen molar-refractivity contribution in [2.45, 2.75) is 95.6 Å². The fourth-order valence-corrected chi connectivity index (χ4v) is 14.0. The molecular weight excluding hydrogens is 1150 g/mol. The minimum Gasteiger partial charge on any atom is -0.481 e. The van der Waals surface area contributed by atoms with Gasteiger partial charge in [-0.2, -0.15) is 55.1 Å². The zero-order chi connectivity index (χ0) is 58.0. The topological polar surface area (TPSA) is 388 Å². The number of unbranched alkanes of at least 4 members (excludes halogenated alkanes) is 2. The fourth-order valence-electron chi connectivity index (χ4n) is 10.3. The van der Waals surface area contributed by atoms with Crippen LogP contribution in [-0.2, 0) is 85.8 Å². The number of allylic oxidation sites excluding steroid dienone is 6. The number of fused-ring (bicyclic) bond motifs is 6. The summed E-state index contributed by atoms with van der Waals surface area (Å²) in [5.41, 5.74) is -0.652. The van der Waals surface area contributed by atoms with Crippen LogP contribution in [0.1, 0.15) is 76.3 Å². The van der Waals surface area contributed by atoms with Crippen LogP contribution in [0.3, 0.4) is 0 Å². The van der Waals surface area contributed by atoms with E-state index in [0.29, 0.717) is 48.3 Å². The molecular formula is C48H59N2O22S6+. The molecule has 4 aromatic carbocycles. The van der Waals surface area contributed by atoms with Crippen molar-refractivity contribution >= 4 is 105 Å². The number of anilines is 1. The molecule has 0 aliphatic carbocycles. The Morgan fingerprint density at radius 1 is 0.603 bits per heavy atom. The van der Waals surface area contributed by atoms with Crippen molar-refractivity contribution in [2.75, 3.05) is 56.4 Å². The molecule has 0 saturated carbocycles. The molecule has 7 N–H and O–H groups in total. The maximum Gasteiger partial charge on any atom is 0.303 e. The molecule has 2 heterocycles. The highest BCUT2D eigenvalue weighted by molar-refractivity contribution is 7.87. The number of ether oxygens (including phenoxy) is 2. The normalized spacial score (nSPS) is 19.1. The first-order chi connectivity index (χ1) is 36.0. The molecule has 78 heavy (non-hydrogen) atoms. The summed E-state index contributed by atoms with van der Waals surface area (Å²) in [5.74, 6) is -2.52. The van der Waals surface area contributed by atoms with E-state index in [1.54, 1.807) is 48.8 Å². The Bertz CT molecular complexity index is 3870. The third-order valence-electron chi connectivity index (χ3n) is 13.7. The molecule has 0 fully saturated rings. The number of rotatable bonds is 27. The molecule has 0 bridgehead atoms. The second-order valence-corrected chi connectivity index (χ2v) is 27.9. The predicted octanol–water partition coefficient (Wildman–Crippen LogP) is 5.75. The second kappa shape index (κ2) is 23.6. The Hall–Kier alpha value is -5.06. The fraction of sp³-hybridized carbons (Fsp3) is 0.417. The van der Waals surface area contributed by atoms with Crippen LogP contribution < -0.4 is 4.90 Å². The van der Waals surface area contributed by atoms with Gasteiger partial charge >= 0.3 is 5.97 Å². The van der Waals surface area contributed by atoms with Gasteiger partial charge in [0.05, 0.1) is 39.9 Å². The maximum atomic E-state index is 12.8. The second-order valence-electron chi connectivity index (χ2n) is 19.1. The molecule has 0 spiro atoms. The summed E-state index contributed by atoms with van der Waals surface area (Å²) in [6.45, 7) is 3.88. The summed E-state index contributed by atoms with van der Waals surface area (Å²) in [7, 11) is -28.2. The first-order valence-corrected chi connectivity index (χ1v) is 32.8. The summed E-state index contributed by atoms with van der Waals surface area (Å²) < 4.78 is 223. The van der Waals surface area contributed by atoms with E-state index < -0.39 is 109 Å². The molecule has 4 aromatic rings. The minimum absolute atomic E-state index is 0.0392. The van der Waals surface area contributed by atoms with Crippen molar-refractivity contribution in [3.8, 4) is 0 Å². The molecule has 2 aliphatic rings. The molecule has 2 atom stereocenters. The van der Waals surface area contributed by atoms with Gasteiger partial charge in [-0.25, -0.2) is 0 Å². The molecule has 0 saturated heterocycles. The molecule has 0 amide bonds. The van der Waals surface area contributed by atoms with E-state index in [9.17, 15) is 87.7 Å². The van der Waals surface area contributed by atoms with Gasteiger partial charge in [0.1, 0.15) is 16.3 Å². The van der Waals surface area contributed by atoms with E-state index in [1.165, 1.54) is 31.4 Å². The van der Waals surface area contributed by atoms with Gasteiger partial charge < -0.3 is 19.5 Å². The number of hydrogen-bond donors (Lipinski definition) is 7. The van der Waals surface area contributed by atoms with Crippen LogP contribution in [0.2, 0.25) is 0 Å². The van der Waals surface area contributed by atoms with Crippen LogP contribution in [0.15, 0.2) is 104 Å². The number of aliphatic carboxylic acids is 1. The summed E-state index contributed by atoms with van der Waals surface area (Å²) >= 11 is 0. The average molecular weight is 1210 g/mol. The first-order valence-electron chi connectivity index (χ1n) is 23.8. The highest BCUT2D eigenvalue weighted by Gasteiger charge is 2.49. The van der Waals surface area contributed by atoms with Crippen molar-refractivity contribution in [1.29, 1.82) is 0 Å². The minimum atomic E-state index is -5.20. The maximum absolute atomic E-state index is 12.8. The Morgan fingerprint density at radius 3 is 1.71 bits per heavy atom. The summed E-state index contributed by atoms with van der Waals surface area (Å²) in [6, 6.07) is 8.85. The lowest BCUT2D eigenvalue weighted by Crippen LogP contribution is -2.32. The van der Waals surface area contributed by atoms with Crippen molar-refractivity contribution in [1.82, 2.24) is 0 Å². The zero-order valence-electron chi connectivity index (χ0n) is 42.2. The monoisotopic (exact) mass is 1210 g/mol. The van der Waals surface area contributed by atoms with E-state index in [0.717, 1.165) is 12.1 Å². The molecule has 30 heteroatoms. The summed E-state index contributed by atoms with van der Waals surface area (Å²) in [6.07, 6.45) is 8.48. The van der Waals surface area contributed by atoms with Gasteiger partial charge in [0.15, 0.2) is 5.71 Å². The largest absolute Gasteiger partial charge is 0.481 e. The van der Waals surface area contributed by atoms with E-state index in [-0.39, 0.29) is 104 Å². The molecule has 0 radical (unpaired) electrons. The van der Waals surface area contributed by atoms with Crippen molar-refractivity contribution < 1.29 is 102 Å². The van der Waals surface area contributed by atoms with E-state index in [1.807, 2.05) is 4.90 Å². The van der Waals surface area contributed by atoms with Crippen LogP contribution in [0, 0.1) is 0 Å². The Labute approximate surface area is 452 Å². The van der Waals surface area contributed by atoms with Gasteiger partial charge in [0, 0.05) is 78.4 Å². The van der Waals surface area contributed by atoms with Gasteiger partial charge in [-0.3, -0.25) is 32.1 Å². The SMILES string of the molecule is COCCOCCC1(C)\C(=C/C=C/C=C/C2=[N+](CCCS(=O)(=O)O)c3ccc4c(S(=O)(=O)O)cc(S(=O)(=O)O)cc4c3C2(C)CCCS(=O)(=O)O)N(CCCCCC(=O)O)c2ccc3c(S(=O)(=O)O)cc(S(=O)(=O)O)cc3c21. The number of benzene rings is 4. The van der Waals surface area contributed by atoms with Crippen LogP contribution >= 0.6 is 0 Å². The lowest BCUT2D eigenvalue weighted by molar-refractivity contribution is -0.437. The Balaban J connectivity index is 1.59. The lowest BCUT2D eigenvalue weighted by atomic mass is 9.74. The Morgan fingerprint density at radius 2 is 1.17 bits per heavy atom. The molecule has 24 nitrogen and oxygen atoms in total. The number of carbonyl (C=O) groups is 1. The molecule has 2 aliphatic heterocycles. The van der Waals surface area contributed by atoms with Gasteiger partial charge in [-0.05, 0) is 105 Å². The molecule has 0 aromatic heterocycles. The molecule has 2 unspecified atom stereocenters. The van der Waals surface area contributed by atoms with E-state index in [4.69, 9.17) is 9.47 Å². The first kappa shape index (κ1) is 62.1. The van der Waals surface area contributed by atoms with Crippen molar-refractivity contribution in [3.63, 3.8) is 0 Å². The standard InChI is InChI=1S/C48H58N2O22S6/c1-47(19-10-26-73(53,54)55)42(50(22-11-27-74(56,57)58)38-17-15-34-36(45(38)47)28-32(75(59,60)61)30-40(34)77(65,66)67)12-6-4-7-13-43-48(2,20-23-72-25-24-71-3)46-37-29-33(76(62,63)64)31-41(78(68,69)70)35(37)16-18-39(46)49(43)21-9-5-8-14-44(51)52/h4,6-7,12-13,15-18,28-31H,5,8-11,14,19-27H2,1-3H3,(H6-,51,52,53,54,55,56,57,58,59,60,61,62,63,64,65,66,67,68,69,70)/p+1. The van der Waals surface area contributed by atoms with Crippen molar-refractivity contribution in [3.05, 3.63) is 95.7 Å². The number of carboxylic acid groups (broad SMARTS) is 1. The highest BCUT2D eigenvalue weighted by atomic mass is 32.2. The summed E-state index contributed by atoms with van der Waals surface area (Å²) in [5, 5.41) is 8.92. The predicted molar refractivity (Wildman–Crippen MR) is 285 cm³/mol. The lowest BCUT2D eigenvalue weighted by Gasteiger charge is -2.31. The number of nitrogens with zero attached hydrogens (tertiary/aromatic N) is 2. The smallest absolute Gasteiger partial charge is 0.303 e. The zero-order valence-corrected chi connectivity index (χ0v) is 47.1. The van der Waals surface area contributed by atoms with Gasteiger partial charge in [-0.15, -0.1) is 0 Å². The molecule has 6 rings (SSSR count). The van der Waals surface area contributed by atoms with E-state index in [2.05, 4.69) is 0 Å².